The lowest BCUT2D eigenvalue weighted by Crippen LogP contribution is -2.12. The maximum Gasteiger partial charge on any atom is 0.0552 e. The van der Waals surface area contributed by atoms with Crippen LogP contribution in [0.4, 0.5) is 0 Å². The van der Waals surface area contributed by atoms with Crippen LogP contribution in [0.3, 0.4) is 0 Å². The Morgan fingerprint density at radius 2 is 1.11 bits per heavy atom. The van der Waals surface area contributed by atoms with Crippen LogP contribution < -0.4 is 11.5 Å². The fraction of sp³-hybridized carbons (Fsp3) is 0.818. The summed E-state index contributed by atoms with van der Waals surface area (Å²) in [6.45, 7) is 22.8. The Morgan fingerprint density at radius 3 is 1.39 bits per heavy atom. The number of hydrogen-bond donors (Lipinski definition) is 3. The van der Waals surface area contributed by atoms with E-state index in [1.54, 1.807) is 0 Å². The van der Waals surface area contributed by atoms with Gasteiger partial charge in [0.05, 0.1) is 6.10 Å². The Kier molecular flexibility index (Phi) is 63.9. The van der Waals surface area contributed by atoms with E-state index in [1.807, 2.05) is 13.8 Å². The van der Waals surface area contributed by atoms with Crippen LogP contribution in [-0.2, 0) is 6.42 Å². The van der Waals surface area contributed by atoms with Gasteiger partial charge in [0.25, 0.3) is 0 Å². The van der Waals surface area contributed by atoms with Crippen molar-refractivity contribution in [3.8, 4) is 0 Å². The number of unbranched alkanes of at least 4 members (excludes halogenated alkanes) is 6. The van der Waals surface area contributed by atoms with Gasteiger partial charge in [0.15, 0.2) is 0 Å². The zero-order valence-electron chi connectivity index (χ0n) is 26.7. The van der Waals surface area contributed by atoms with Crippen LogP contribution in [0.25, 0.3) is 0 Å². The summed E-state index contributed by atoms with van der Waals surface area (Å²) in [5.74, 6) is 0. The number of aliphatic hydroxyl groups excluding tert-OH is 1. The zero-order valence-corrected chi connectivity index (χ0v) is 31.0. The minimum atomic E-state index is -0.156. The summed E-state index contributed by atoms with van der Waals surface area (Å²) in [5, 5.41) is 9.33. The van der Waals surface area contributed by atoms with E-state index < -0.39 is 0 Å². The fourth-order valence-corrected chi connectivity index (χ4v) is 4.32. The highest BCUT2D eigenvalue weighted by molar-refractivity contribution is 14.1. The van der Waals surface area contributed by atoms with Gasteiger partial charge in [0, 0.05) is 7.14 Å². The van der Waals surface area contributed by atoms with Gasteiger partial charge in [-0.05, 0) is 114 Å². The van der Waals surface area contributed by atoms with Crippen LogP contribution in [-0.4, -0.2) is 24.3 Å². The molecule has 0 aliphatic heterocycles. The molecule has 1 atom stereocenters. The van der Waals surface area contributed by atoms with Crippen LogP contribution in [0.2, 0.25) is 0 Å². The summed E-state index contributed by atoms with van der Waals surface area (Å²) in [4.78, 5) is 0. The molecule has 0 heterocycles. The van der Waals surface area contributed by atoms with Gasteiger partial charge in [-0.3, -0.25) is 0 Å². The van der Waals surface area contributed by atoms with E-state index in [-0.39, 0.29) is 13.5 Å². The third-order valence-corrected chi connectivity index (χ3v) is 7.19. The summed E-state index contributed by atoms with van der Waals surface area (Å²) in [7, 11) is 0. The lowest BCUT2D eigenvalue weighted by molar-refractivity contribution is 0.153. The summed E-state index contributed by atoms with van der Waals surface area (Å²) < 4.78 is 2.76. The van der Waals surface area contributed by atoms with Crippen molar-refractivity contribution in [3.63, 3.8) is 0 Å². The van der Waals surface area contributed by atoms with Crippen molar-refractivity contribution in [2.75, 3.05) is 13.1 Å². The quantitative estimate of drug-likeness (QED) is 0.147. The van der Waals surface area contributed by atoms with Gasteiger partial charge in [-0.2, -0.15) is 0 Å². The van der Waals surface area contributed by atoms with E-state index >= 15 is 0 Å². The summed E-state index contributed by atoms with van der Waals surface area (Å²) in [5.41, 5.74) is 13.3. The molecule has 5 N–H and O–H groups in total. The van der Waals surface area contributed by atoms with E-state index in [0.29, 0.717) is 6.54 Å². The zero-order chi connectivity index (χ0) is 29.9. The topological polar surface area (TPSA) is 72.3 Å². The van der Waals surface area contributed by atoms with E-state index in [4.69, 9.17) is 11.5 Å². The molecule has 1 rings (SSSR count). The maximum absolute atomic E-state index is 9.33. The first-order valence-corrected chi connectivity index (χ1v) is 17.4. The van der Waals surface area contributed by atoms with Crippen LogP contribution in [0.1, 0.15) is 158 Å². The molecule has 0 fully saturated rings. The first kappa shape index (κ1) is 51.3. The second-order valence-electron chi connectivity index (χ2n) is 8.82. The molecule has 234 valence electrons. The summed E-state index contributed by atoms with van der Waals surface area (Å²) in [6.07, 6.45) is 15.3. The van der Waals surface area contributed by atoms with Crippen LogP contribution in [0.15, 0.2) is 12.1 Å². The Morgan fingerprint density at radius 1 is 0.684 bits per heavy atom. The van der Waals surface area contributed by atoms with E-state index in [1.165, 1.54) is 76.1 Å². The molecule has 0 bridgehead atoms. The highest BCUT2D eigenvalue weighted by atomic mass is 127. The Bertz CT molecular complexity index is 487. The Balaban J connectivity index is -0.0000000900. The lowest BCUT2D eigenvalue weighted by atomic mass is 10.1. The summed E-state index contributed by atoms with van der Waals surface area (Å²) >= 11 is 4.79. The predicted octanol–water partition coefficient (Wildman–Crippen LogP) is 11.5. The molecule has 0 spiro atoms. The average molecular weight is 767 g/mol. The van der Waals surface area contributed by atoms with E-state index in [0.717, 1.165) is 32.2 Å². The molecule has 5 heteroatoms. The van der Waals surface area contributed by atoms with Crippen molar-refractivity contribution in [1.82, 2.24) is 0 Å². The molecule has 0 aliphatic rings. The standard InChI is InChI=1S/C10H23NO.C9H10I2.C4H11N.C4H10.C3H8.C2H6.CH4/c1-2-3-4-5-6-7-10(12)8-9-11;1-3-7-4-8(10)6(2)9(11)5-7;1-2-3-4-5;1-3-4-2;1-3-2;1-2;/h10,12H,2-9,11H2,1H3;4-5H,3H2,1-2H3;2-5H2,1H3;3-4H2,1-2H3;3H2,1-2H3;1-2H3;1H4/t10-;;;;;;/m1....../s1. The number of aliphatic hydroxyl groups is 1. The number of rotatable bonds is 12. The van der Waals surface area contributed by atoms with Gasteiger partial charge in [-0.1, -0.05) is 128 Å². The molecular formula is C33H72I2N2O. The fourth-order valence-electron chi connectivity index (χ4n) is 2.43. The van der Waals surface area contributed by atoms with Gasteiger partial charge >= 0.3 is 0 Å². The molecule has 0 radical (unpaired) electrons. The normalized spacial score (nSPS) is 9.66. The molecule has 0 saturated carbocycles. The van der Waals surface area contributed by atoms with Crippen molar-refractivity contribution < 1.29 is 5.11 Å². The molecule has 0 saturated heterocycles. The molecule has 1 aromatic rings. The maximum atomic E-state index is 9.33. The number of benzene rings is 1. The third-order valence-electron chi connectivity index (χ3n) is 4.95. The second-order valence-corrected chi connectivity index (χ2v) is 11.1. The number of aryl methyl sites for hydroxylation is 1. The van der Waals surface area contributed by atoms with Crippen LogP contribution >= 0.6 is 45.2 Å². The van der Waals surface area contributed by atoms with Crippen molar-refractivity contribution in [3.05, 3.63) is 30.4 Å². The highest BCUT2D eigenvalue weighted by Gasteiger charge is 2.01. The van der Waals surface area contributed by atoms with Gasteiger partial charge in [0.1, 0.15) is 0 Å². The van der Waals surface area contributed by atoms with Gasteiger partial charge in [-0.15, -0.1) is 0 Å². The third kappa shape index (κ3) is 46.4. The molecule has 0 amide bonds. The lowest BCUT2D eigenvalue weighted by Gasteiger charge is -2.07. The molecule has 0 unspecified atom stereocenters. The Hall–Kier alpha value is 0.560. The van der Waals surface area contributed by atoms with Gasteiger partial charge in [0.2, 0.25) is 0 Å². The molecular weight excluding hydrogens is 694 g/mol. The molecule has 3 nitrogen and oxygen atoms in total. The first-order chi connectivity index (χ1) is 17.7. The van der Waals surface area contributed by atoms with Crippen molar-refractivity contribution >= 4 is 45.2 Å². The van der Waals surface area contributed by atoms with Crippen LogP contribution in [0, 0.1) is 14.1 Å². The monoisotopic (exact) mass is 766 g/mol. The minimum absolute atomic E-state index is 0. The van der Waals surface area contributed by atoms with E-state index in [2.05, 4.69) is 113 Å². The van der Waals surface area contributed by atoms with Crippen LogP contribution in [0.5, 0.6) is 0 Å². The first-order valence-electron chi connectivity index (χ1n) is 15.2. The number of halogens is 2. The average Bonchev–Trinajstić information content (AvgIpc) is 2.90. The van der Waals surface area contributed by atoms with Crippen molar-refractivity contribution in [1.29, 1.82) is 0 Å². The smallest absolute Gasteiger partial charge is 0.0552 e. The minimum Gasteiger partial charge on any atom is -0.393 e. The SMILES string of the molecule is C.CC.CCC.CCCC.CCCCCCC[C@@H](O)CCN.CCCCN.CCc1cc(I)c(C)c(I)c1. The second kappa shape index (κ2) is 47.4. The largest absolute Gasteiger partial charge is 0.393 e. The number of nitrogens with two attached hydrogens (primary N) is 2. The number of hydrogen-bond acceptors (Lipinski definition) is 3. The van der Waals surface area contributed by atoms with Crippen molar-refractivity contribution in [2.24, 2.45) is 11.5 Å². The van der Waals surface area contributed by atoms with Gasteiger partial charge in [-0.25, -0.2) is 0 Å². The summed E-state index contributed by atoms with van der Waals surface area (Å²) in [6, 6.07) is 4.52. The predicted molar refractivity (Wildman–Crippen MR) is 198 cm³/mol. The molecule has 0 aliphatic carbocycles. The van der Waals surface area contributed by atoms with Crippen molar-refractivity contribution in [2.45, 2.75) is 166 Å². The molecule has 38 heavy (non-hydrogen) atoms. The van der Waals surface area contributed by atoms with Gasteiger partial charge < -0.3 is 16.6 Å². The van der Waals surface area contributed by atoms with E-state index in [9.17, 15) is 5.11 Å². The molecule has 1 aromatic carbocycles. The highest BCUT2D eigenvalue weighted by Crippen LogP contribution is 2.20. The molecule has 0 aromatic heterocycles. The Labute approximate surface area is 269 Å².